The summed E-state index contributed by atoms with van der Waals surface area (Å²) in [5.41, 5.74) is 16.3. The first-order valence-corrected chi connectivity index (χ1v) is 20.6. The lowest BCUT2D eigenvalue weighted by molar-refractivity contribution is 1.18. The molecule has 282 valence electrons. The van der Waals surface area contributed by atoms with Crippen molar-refractivity contribution in [3.8, 4) is 50.2 Å². The highest BCUT2D eigenvalue weighted by atomic mass is 15.1. The fraction of sp³-hybridized carbons (Fsp3) is 0. The van der Waals surface area contributed by atoms with Gasteiger partial charge < -0.3 is 9.47 Å². The van der Waals surface area contributed by atoms with E-state index in [0.29, 0.717) is 0 Å². The van der Waals surface area contributed by atoms with Crippen LogP contribution in [-0.4, -0.2) is 4.57 Å². The molecule has 1 heterocycles. The highest BCUT2D eigenvalue weighted by molar-refractivity contribution is 6.12. The Bertz CT molecular complexity index is 3290. The number of hydrogen-bond acceptors (Lipinski definition) is 1. The second kappa shape index (κ2) is 15.1. The topological polar surface area (TPSA) is 8.17 Å². The first-order valence-electron chi connectivity index (χ1n) is 20.6. The molecule has 10 aromatic carbocycles. The second-order valence-electron chi connectivity index (χ2n) is 15.3. The zero-order valence-electron chi connectivity index (χ0n) is 33.0. The summed E-state index contributed by atoms with van der Waals surface area (Å²) in [4.78, 5) is 2.38. The Kier molecular flexibility index (Phi) is 8.87. The van der Waals surface area contributed by atoms with E-state index in [1.807, 2.05) is 0 Å². The Balaban J connectivity index is 1.13. The summed E-state index contributed by atoms with van der Waals surface area (Å²) in [7, 11) is 0. The van der Waals surface area contributed by atoms with Gasteiger partial charge in [0.05, 0.1) is 16.7 Å². The van der Waals surface area contributed by atoms with Crippen molar-refractivity contribution in [2.24, 2.45) is 0 Å². The Morgan fingerprint density at radius 2 is 0.750 bits per heavy atom. The molecule has 11 aromatic rings. The predicted molar refractivity (Wildman–Crippen MR) is 255 cm³/mol. The first kappa shape index (κ1) is 35.2. The second-order valence-corrected chi connectivity index (χ2v) is 15.3. The van der Waals surface area contributed by atoms with Crippen molar-refractivity contribution in [1.82, 2.24) is 4.57 Å². The minimum absolute atomic E-state index is 1.08. The van der Waals surface area contributed by atoms with Gasteiger partial charge in [0.1, 0.15) is 0 Å². The highest BCUT2D eigenvalue weighted by Crippen LogP contribution is 2.44. The quantitative estimate of drug-likeness (QED) is 0.150. The number of hydrogen-bond donors (Lipinski definition) is 0. The summed E-state index contributed by atoms with van der Waals surface area (Å²) in [6, 6.07) is 87.9. The molecule has 11 rings (SSSR count). The fourth-order valence-electron chi connectivity index (χ4n) is 8.98. The largest absolute Gasteiger partial charge is 0.310 e. The van der Waals surface area contributed by atoms with Crippen molar-refractivity contribution >= 4 is 49.6 Å². The standard InChI is InChI=1S/C58H40N2/c1-4-18-42(19-5-1)50-25-12-13-26-51(50)44-33-35-48(36-34-44)59(47-23-8-3-9-24-47)49-37-38-55-54-27-14-15-30-56(54)60(57(55)40-49)58-52(43-20-6-2-7-21-43)28-16-29-53(58)46-32-31-41-17-10-11-22-45(41)39-46/h1-40H. The highest BCUT2D eigenvalue weighted by Gasteiger charge is 2.22. The number of aromatic nitrogens is 1. The number of fused-ring (bicyclic) bond motifs is 4. The molecule has 0 saturated carbocycles. The van der Waals surface area contributed by atoms with Crippen LogP contribution in [0.15, 0.2) is 243 Å². The molecule has 60 heavy (non-hydrogen) atoms. The number of nitrogens with zero attached hydrogens (tertiary/aromatic N) is 2. The van der Waals surface area contributed by atoms with Gasteiger partial charge >= 0.3 is 0 Å². The minimum Gasteiger partial charge on any atom is -0.310 e. The monoisotopic (exact) mass is 764 g/mol. The number of rotatable bonds is 8. The predicted octanol–water partition coefficient (Wildman–Crippen LogP) is 16.1. The van der Waals surface area contributed by atoms with Crippen molar-refractivity contribution in [3.05, 3.63) is 243 Å². The first-order chi connectivity index (χ1) is 29.8. The van der Waals surface area contributed by atoms with Gasteiger partial charge in [0.15, 0.2) is 0 Å². The van der Waals surface area contributed by atoms with Crippen LogP contribution in [0.1, 0.15) is 0 Å². The van der Waals surface area contributed by atoms with Crippen LogP contribution in [0, 0.1) is 0 Å². The number of anilines is 3. The number of para-hydroxylation sites is 3. The van der Waals surface area contributed by atoms with Gasteiger partial charge in [0.25, 0.3) is 0 Å². The van der Waals surface area contributed by atoms with Crippen molar-refractivity contribution in [2.75, 3.05) is 4.90 Å². The summed E-state index contributed by atoms with van der Waals surface area (Å²) in [5, 5.41) is 4.89. The molecule has 0 bridgehead atoms. The van der Waals surface area contributed by atoms with Crippen LogP contribution in [0.2, 0.25) is 0 Å². The van der Waals surface area contributed by atoms with Gasteiger partial charge in [-0.05, 0) is 92.7 Å². The molecule has 0 atom stereocenters. The molecule has 0 fully saturated rings. The Morgan fingerprint density at radius 1 is 0.267 bits per heavy atom. The molecular formula is C58H40N2. The lowest BCUT2D eigenvalue weighted by Crippen LogP contribution is -2.10. The molecule has 0 aliphatic heterocycles. The summed E-state index contributed by atoms with van der Waals surface area (Å²) < 4.78 is 2.51. The molecule has 0 radical (unpaired) electrons. The van der Waals surface area contributed by atoms with Gasteiger partial charge in [-0.1, -0.05) is 194 Å². The van der Waals surface area contributed by atoms with E-state index in [-0.39, 0.29) is 0 Å². The van der Waals surface area contributed by atoms with E-state index in [1.165, 1.54) is 71.6 Å². The summed E-state index contributed by atoms with van der Waals surface area (Å²) in [6.07, 6.45) is 0. The molecule has 0 aliphatic carbocycles. The van der Waals surface area contributed by atoms with Gasteiger partial charge in [-0.2, -0.15) is 0 Å². The van der Waals surface area contributed by atoms with E-state index in [2.05, 4.69) is 252 Å². The van der Waals surface area contributed by atoms with Crippen LogP contribution in [0.25, 0.3) is 82.8 Å². The van der Waals surface area contributed by atoms with Crippen LogP contribution in [0.5, 0.6) is 0 Å². The van der Waals surface area contributed by atoms with E-state index < -0.39 is 0 Å². The molecule has 0 amide bonds. The minimum atomic E-state index is 1.08. The molecular weight excluding hydrogens is 725 g/mol. The van der Waals surface area contributed by atoms with Gasteiger partial charge in [-0.3, -0.25) is 0 Å². The average molecular weight is 765 g/mol. The molecule has 0 spiro atoms. The average Bonchev–Trinajstić information content (AvgIpc) is 3.65. The molecule has 0 unspecified atom stereocenters. The summed E-state index contributed by atoms with van der Waals surface area (Å²) >= 11 is 0. The van der Waals surface area contributed by atoms with Crippen LogP contribution >= 0.6 is 0 Å². The molecule has 0 aliphatic rings. The van der Waals surface area contributed by atoms with Gasteiger partial charge in [-0.25, -0.2) is 0 Å². The Hall–Kier alpha value is -7.94. The Morgan fingerprint density at radius 3 is 1.47 bits per heavy atom. The van der Waals surface area contributed by atoms with Crippen LogP contribution in [-0.2, 0) is 0 Å². The van der Waals surface area contributed by atoms with Crippen molar-refractivity contribution in [1.29, 1.82) is 0 Å². The zero-order valence-corrected chi connectivity index (χ0v) is 33.0. The SMILES string of the molecule is c1ccc(-c2ccccc2-c2ccc(N(c3ccccc3)c3ccc4c5ccccc5n(-c5c(-c6ccccc6)cccc5-c5ccc6ccccc6c5)c4c3)cc2)cc1. The Labute approximate surface area is 350 Å². The molecule has 0 saturated heterocycles. The lowest BCUT2D eigenvalue weighted by Gasteiger charge is -2.26. The van der Waals surface area contributed by atoms with E-state index in [4.69, 9.17) is 0 Å². The lowest BCUT2D eigenvalue weighted by atomic mass is 9.94. The summed E-state index contributed by atoms with van der Waals surface area (Å²) in [6.45, 7) is 0. The molecule has 1 aromatic heterocycles. The van der Waals surface area contributed by atoms with E-state index in [0.717, 1.165) is 28.3 Å². The van der Waals surface area contributed by atoms with E-state index in [1.54, 1.807) is 0 Å². The van der Waals surface area contributed by atoms with Gasteiger partial charge in [0, 0.05) is 39.0 Å². The van der Waals surface area contributed by atoms with Crippen molar-refractivity contribution < 1.29 is 0 Å². The van der Waals surface area contributed by atoms with E-state index >= 15 is 0 Å². The third-order valence-electron chi connectivity index (χ3n) is 11.8. The fourth-order valence-corrected chi connectivity index (χ4v) is 8.98. The zero-order chi connectivity index (χ0) is 39.8. The third kappa shape index (κ3) is 6.23. The van der Waals surface area contributed by atoms with Crippen molar-refractivity contribution in [3.63, 3.8) is 0 Å². The van der Waals surface area contributed by atoms with Crippen LogP contribution < -0.4 is 4.90 Å². The molecule has 2 nitrogen and oxygen atoms in total. The van der Waals surface area contributed by atoms with Crippen molar-refractivity contribution in [2.45, 2.75) is 0 Å². The molecule has 0 N–H and O–H groups in total. The smallest absolute Gasteiger partial charge is 0.0618 e. The molecule has 2 heteroatoms. The number of benzene rings is 10. The summed E-state index contributed by atoms with van der Waals surface area (Å²) in [5.74, 6) is 0. The third-order valence-corrected chi connectivity index (χ3v) is 11.8. The van der Waals surface area contributed by atoms with Gasteiger partial charge in [0.2, 0.25) is 0 Å². The maximum Gasteiger partial charge on any atom is 0.0618 e. The van der Waals surface area contributed by atoms with Gasteiger partial charge in [-0.15, -0.1) is 0 Å². The van der Waals surface area contributed by atoms with Crippen LogP contribution in [0.3, 0.4) is 0 Å². The normalized spacial score (nSPS) is 11.3. The maximum atomic E-state index is 2.51. The van der Waals surface area contributed by atoms with Crippen LogP contribution in [0.4, 0.5) is 17.1 Å². The van der Waals surface area contributed by atoms with E-state index in [9.17, 15) is 0 Å². The maximum absolute atomic E-state index is 2.51.